The highest BCUT2D eigenvalue weighted by Gasteiger charge is 2.29. The summed E-state index contributed by atoms with van der Waals surface area (Å²) in [5.41, 5.74) is 6.08. The molecule has 2 fully saturated rings. The molecule has 2 aliphatic heterocycles. The van der Waals surface area contributed by atoms with E-state index in [0.29, 0.717) is 30.5 Å². The number of hydrazine groups is 1. The van der Waals surface area contributed by atoms with Crippen LogP contribution < -0.4 is 10.7 Å². The van der Waals surface area contributed by atoms with Crippen molar-refractivity contribution in [3.8, 4) is 11.1 Å². The Labute approximate surface area is 198 Å². The summed E-state index contributed by atoms with van der Waals surface area (Å²) in [6, 6.07) is 1.68. The molecule has 10 heteroatoms. The first-order valence-corrected chi connectivity index (χ1v) is 12.3. The second-order valence-corrected chi connectivity index (χ2v) is 9.66. The number of aromatic nitrogens is 3. The predicted molar refractivity (Wildman–Crippen MR) is 125 cm³/mol. The molecule has 0 unspecified atom stereocenters. The van der Waals surface area contributed by atoms with E-state index in [1.54, 1.807) is 6.20 Å². The number of amides is 1. The van der Waals surface area contributed by atoms with Gasteiger partial charge < -0.3 is 20.4 Å². The van der Waals surface area contributed by atoms with Crippen molar-refractivity contribution in [1.29, 1.82) is 0 Å². The molecule has 2 N–H and O–H groups in total. The number of pyridine rings is 1. The van der Waals surface area contributed by atoms with Gasteiger partial charge in [0.2, 0.25) is 5.91 Å². The predicted octanol–water partition coefficient (Wildman–Crippen LogP) is 3.53. The minimum atomic E-state index is -0.172. The molecule has 4 heterocycles. The lowest BCUT2D eigenvalue weighted by molar-refractivity contribution is -0.121. The maximum absolute atomic E-state index is 13.0. The van der Waals surface area contributed by atoms with Crippen LogP contribution in [-0.2, 0) is 22.5 Å². The van der Waals surface area contributed by atoms with Crippen molar-refractivity contribution in [3.63, 3.8) is 0 Å². The van der Waals surface area contributed by atoms with Gasteiger partial charge in [0.15, 0.2) is 0 Å². The number of halogens is 1. The first kappa shape index (κ1) is 22.7. The third-order valence-electron chi connectivity index (χ3n) is 6.97. The second kappa shape index (κ2) is 10.1. The molecule has 5 rings (SSSR count). The zero-order chi connectivity index (χ0) is 22.8. The number of hydrogen-bond acceptors (Lipinski definition) is 7. The molecule has 3 aliphatic rings. The van der Waals surface area contributed by atoms with Gasteiger partial charge in [-0.05, 0) is 51.0 Å². The summed E-state index contributed by atoms with van der Waals surface area (Å²) in [4.78, 5) is 17.4. The summed E-state index contributed by atoms with van der Waals surface area (Å²) in [5.74, 6) is 0.245. The molecule has 0 spiro atoms. The lowest BCUT2D eigenvalue weighted by Gasteiger charge is -2.40. The molecule has 1 aliphatic carbocycles. The van der Waals surface area contributed by atoms with Crippen molar-refractivity contribution in [1.82, 2.24) is 25.4 Å². The van der Waals surface area contributed by atoms with Gasteiger partial charge in [-0.15, -0.1) is 0 Å². The highest BCUT2D eigenvalue weighted by molar-refractivity contribution is 6.33. The molecule has 1 amide bonds. The van der Waals surface area contributed by atoms with Gasteiger partial charge >= 0.3 is 0 Å². The fraction of sp³-hybridized carbons (Fsp3) is 0.609. The summed E-state index contributed by atoms with van der Waals surface area (Å²) >= 11 is 6.47. The van der Waals surface area contributed by atoms with Gasteiger partial charge in [-0.25, -0.2) is 4.98 Å². The number of carbonyl (C=O) groups is 1. The Balaban J connectivity index is 1.24. The number of hydroxylamine groups is 1. The van der Waals surface area contributed by atoms with Crippen LogP contribution in [-0.4, -0.2) is 51.1 Å². The maximum atomic E-state index is 13.0. The van der Waals surface area contributed by atoms with E-state index in [1.165, 1.54) is 5.69 Å². The van der Waals surface area contributed by atoms with Gasteiger partial charge in [0.05, 0.1) is 17.8 Å². The van der Waals surface area contributed by atoms with Crippen LogP contribution in [0.15, 0.2) is 18.5 Å². The van der Waals surface area contributed by atoms with Gasteiger partial charge in [-0.3, -0.25) is 14.9 Å². The Morgan fingerprint density at radius 2 is 2.12 bits per heavy atom. The van der Waals surface area contributed by atoms with E-state index in [2.05, 4.69) is 20.8 Å². The Morgan fingerprint density at radius 1 is 1.21 bits per heavy atom. The summed E-state index contributed by atoms with van der Waals surface area (Å²) < 4.78 is 7.34. The average Bonchev–Trinajstić information content (AvgIpc) is 3.51. The number of fused-ring (bicyclic) bond motifs is 1. The molecule has 178 valence electrons. The van der Waals surface area contributed by atoms with Crippen LogP contribution in [0.3, 0.4) is 0 Å². The normalized spacial score (nSPS) is 25.2. The van der Waals surface area contributed by atoms with Gasteiger partial charge in [-0.2, -0.15) is 5.10 Å². The van der Waals surface area contributed by atoms with Crippen LogP contribution in [0, 0.1) is 11.1 Å². The molecule has 33 heavy (non-hydrogen) atoms. The molecule has 0 bridgehead atoms. The van der Waals surface area contributed by atoms with Gasteiger partial charge in [0.25, 0.3) is 0 Å². The standard InChI is InChI=1S/C23H30ClN6O3/c24-20-13-25-22(11-18(20)19-12-26-29-8-2-1-6-21(19)29)27-23(31)15-4-3-5-16(10-15)28-30(32)17-7-9-33-14-17/h11-13,15-17,28H,1-10,14H2,(H,25,27,31)/q-1/t15-,16+,17+/m0/s1. The maximum Gasteiger partial charge on any atom is 0.228 e. The van der Waals surface area contributed by atoms with Crippen LogP contribution in [0.2, 0.25) is 5.02 Å². The summed E-state index contributed by atoms with van der Waals surface area (Å²) in [5, 5.41) is 21.3. The summed E-state index contributed by atoms with van der Waals surface area (Å²) in [6.45, 7) is 2.00. The molecule has 0 radical (unpaired) electrons. The Hall–Kier alpha value is -2.04. The number of ether oxygens (including phenoxy) is 1. The molecule has 2 aromatic heterocycles. The number of hydrogen-bond donors (Lipinski definition) is 2. The van der Waals surface area contributed by atoms with E-state index in [9.17, 15) is 10.0 Å². The minimum Gasteiger partial charge on any atom is -0.771 e. The third-order valence-corrected chi connectivity index (χ3v) is 7.27. The van der Waals surface area contributed by atoms with Crippen molar-refractivity contribution in [3.05, 3.63) is 34.4 Å². The number of aryl methyl sites for hydroxylation is 1. The number of nitrogens with one attached hydrogen (secondary N) is 2. The van der Waals surface area contributed by atoms with Crippen LogP contribution in [0.4, 0.5) is 5.82 Å². The van der Waals surface area contributed by atoms with E-state index in [4.69, 9.17) is 16.3 Å². The van der Waals surface area contributed by atoms with E-state index in [1.807, 2.05) is 16.9 Å². The second-order valence-electron chi connectivity index (χ2n) is 9.26. The monoisotopic (exact) mass is 473 g/mol. The van der Waals surface area contributed by atoms with E-state index in [0.717, 1.165) is 67.8 Å². The smallest absolute Gasteiger partial charge is 0.228 e. The van der Waals surface area contributed by atoms with Gasteiger partial charge in [0, 0.05) is 54.2 Å². The molecule has 1 saturated carbocycles. The summed E-state index contributed by atoms with van der Waals surface area (Å²) in [7, 11) is 0. The molecular weight excluding hydrogens is 444 g/mol. The van der Waals surface area contributed by atoms with Crippen molar-refractivity contribution >= 4 is 23.3 Å². The van der Waals surface area contributed by atoms with Crippen molar-refractivity contribution < 1.29 is 9.53 Å². The highest BCUT2D eigenvalue weighted by atomic mass is 35.5. The zero-order valence-electron chi connectivity index (χ0n) is 18.6. The average molecular weight is 474 g/mol. The third kappa shape index (κ3) is 5.07. The van der Waals surface area contributed by atoms with E-state index >= 15 is 0 Å². The quantitative estimate of drug-likeness (QED) is 0.618. The number of carbonyl (C=O) groups excluding carboxylic acids is 1. The lowest BCUT2D eigenvalue weighted by Crippen LogP contribution is -2.49. The molecule has 1 saturated heterocycles. The molecule has 2 aromatic rings. The molecular formula is C23H30ClN6O3-. The Bertz CT molecular complexity index is 993. The molecule has 3 atom stereocenters. The van der Waals surface area contributed by atoms with E-state index in [-0.39, 0.29) is 23.9 Å². The van der Waals surface area contributed by atoms with Gasteiger partial charge in [-0.1, -0.05) is 18.0 Å². The fourth-order valence-corrected chi connectivity index (χ4v) is 5.33. The van der Waals surface area contributed by atoms with Crippen LogP contribution in [0.25, 0.3) is 11.1 Å². The van der Waals surface area contributed by atoms with Crippen LogP contribution in [0.5, 0.6) is 0 Å². The number of nitrogens with zero attached hydrogens (tertiary/aromatic N) is 4. The lowest BCUT2D eigenvalue weighted by atomic mass is 9.85. The zero-order valence-corrected chi connectivity index (χ0v) is 19.4. The topological polar surface area (TPSA) is 107 Å². The SMILES string of the molecule is O=C(Nc1cc(-c2cnn3c2CCCC3)c(Cl)cn1)[C@H]1CCC[C@@H](NN([O-])[C@@H]2CCOC2)C1. The first-order chi connectivity index (χ1) is 16.1. The van der Waals surface area contributed by atoms with Crippen molar-refractivity contribution in [2.24, 2.45) is 5.92 Å². The highest BCUT2D eigenvalue weighted by Crippen LogP contribution is 2.34. The molecule has 0 aromatic carbocycles. The Kier molecular flexibility index (Phi) is 6.94. The van der Waals surface area contributed by atoms with Crippen LogP contribution in [0.1, 0.15) is 50.6 Å². The Morgan fingerprint density at radius 3 is 2.97 bits per heavy atom. The minimum absolute atomic E-state index is 0.0136. The van der Waals surface area contributed by atoms with Crippen molar-refractivity contribution in [2.45, 2.75) is 70.0 Å². The van der Waals surface area contributed by atoms with E-state index < -0.39 is 0 Å². The first-order valence-electron chi connectivity index (χ1n) is 11.9. The largest absolute Gasteiger partial charge is 0.771 e. The number of rotatable bonds is 6. The fourth-order valence-electron chi connectivity index (χ4n) is 5.13. The van der Waals surface area contributed by atoms with Crippen LogP contribution >= 0.6 is 11.6 Å². The summed E-state index contributed by atoms with van der Waals surface area (Å²) in [6.07, 6.45) is 10.6. The molecule has 9 nitrogen and oxygen atoms in total. The number of anilines is 1. The van der Waals surface area contributed by atoms with Gasteiger partial charge in [0.1, 0.15) is 5.82 Å². The van der Waals surface area contributed by atoms with Crippen molar-refractivity contribution in [2.75, 3.05) is 18.5 Å².